The molecule has 4 aliphatic rings. The summed E-state index contributed by atoms with van der Waals surface area (Å²) in [5.74, 6) is 1.65. The highest BCUT2D eigenvalue weighted by atomic mass is 16.6. The van der Waals surface area contributed by atoms with Crippen LogP contribution in [0.15, 0.2) is 63.6 Å². The van der Waals surface area contributed by atoms with Crippen LogP contribution in [0.5, 0.6) is 0 Å². The van der Waals surface area contributed by atoms with Crippen molar-refractivity contribution in [2.45, 2.75) is 87.5 Å². The molecule has 0 spiro atoms. The van der Waals surface area contributed by atoms with Crippen LogP contribution in [-0.4, -0.2) is 50.6 Å². The number of nitrogens with zero attached hydrogens (tertiary/aromatic N) is 1. The second-order valence-corrected chi connectivity index (χ2v) is 14.2. The predicted octanol–water partition coefficient (Wildman–Crippen LogP) is 7.45. The summed E-state index contributed by atoms with van der Waals surface area (Å²) in [6, 6.07) is 0. The molecule has 0 radical (unpaired) electrons. The Bertz CT molecular complexity index is 1270. The molecule has 1 heterocycles. The van der Waals surface area contributed by atoms with Crippen molar-refractivity contribution in [3.05, 3.63) is 58.6 Å². The molecular formula is C36H51NO6. The fourth-order valence-electron chi connectivity index (χ4n) is 6.73. The van der Waals surface area contributed by atoms with Crippen molar-refractivity contribution in [2.24, 2.45) is 33.1 Å². The Morgan fingerprint density at radius 1 is 0.953 bits per heavy atom. The number of aliphatic imine (C=N–C) groups is 1. The van der Waals surface area contributed by atoms with E-state index in [1.54, 1.807) is 0 Å². The van der Waals surface area contributed by atoms with Gasteiger partial charge in [-0.15, -0.1) is 0 Å². The van der Waals surface area contributed by atoms with Crippen LogP contribution in [0.2, 0.25) is 0 Å². The van der Waals surface area contributed by atoms with Gasteiger partial charge in [-0.05, 0) is 54.6 Å². The highest BCUT2D eigenvalue weighted by molar-refractivity contribution is 6.00. The number of carbonyl (C=O) groups is 2. The SMILES string of the molecule is CC(=O)OCCOC1=CCC(C(C)(C)C)C=C1C1(C2=C(OCCOC(C)=O)CCC(C(C)(C)C)=C2)CN=C2C=CCCC21. The van der Waals surface area contributed by atoms with Gasteiger partial charge in [-0.25, -0.2) is 0 Å². The Kier molecular flexibility index (Phi) is 10.1. The molecule has 3 atom stereocenters. The Hall–Kier alpha value is -3.09. The Morgan fingerprint density at radius 2 is 1.63 bits per heavy atom. The third-order valence-corrected chi connectivity index (χ3v) is 9.15. The van der Waals surface area contributed by atoms with Crippen molar-refractivity contribution in [2.75, 3.05) is 33.0 Å². The van der Waals surface area contributed by atoms with E-state index < -0.39 is 5.41 Å². The quantitative estimate of drug-likeness (QED) is 0.193. The van der Waals surface area contributed by atoms with Crippen molar-refractivity contribution >= 4 is 17.7 Å². The van der Waals surface area contributed by atoms with E-state index >= 15 is 0 Å². The summed E-state index contributed by atoms with van der Waals surface area (Å²) >= 11 is 0. The summed E-state index contributed by atoms with van der Waals surface area (Å²) in [5, 5.41) is 0. The van der Waals surface area contributed by atoms with Gasteiger partial charge >= 0.3 is 11.9 Å². The topological polar surface area (TPSA) is 83.4 Å². The summed E-state index contributed by atoms with van der Waals surface area (Å²) < 4.78 is 23.4. The summed E-state index contributed by atoms with van der Waals surface area (Å²) in [6.45, 7) is 18.1. The van der Waals surface area contributed by atoms with E-state index in [-0.39, 0.29) is 48.5 Å². The summed E-state index contributed by atoms with van der Waals surface area (Å²) in [5.41, 5.74) is 4.41. The Labute approximate surface area is 258 Å². The van der Waals surface area contributed by atoms with E-state index in [9.17, 15) is 9.59 Å². The van der Waals surface area contributed by atoms with Gasteiger partial charge in [0.1, 0.15) is 37.9 Å². The molecule has 0 saturated carbocycles. The van der Waals surface area contributed by atoms with E-state index in [0.29, 0.717) is 19.1 Å². The molecule has 0 aromatic carbocycles. The highest BCUT2D eigenvalue weighted by Gasteiger charge is 2.54. The summed E-state index contributed by atoms with van der Waals surface area (Å²) in [6.07, 6.45) is 16.0. The highest BCUT2D eigenvalue weighted by Crippen LogP contribution is 2.58. The van der Waals surface area contributed by atoms with Gasteiger partial charge in [-0.3, -0.25) is 14.6 Å². The lowest BCUT2D eigenvalue weighted by Crippen LogP contribution is -2.41. The molecule has 0 aromatic heterocycles. The molecule has 0 saturated heterocycles. The minimum Gasteiger partial charge on any atom is -0.494 e. The molecule has 7 nitrogen and oxygen atoms in total. The predicted molar refractivity (Wildman–Crippen MR) is 169 cm³/mol. The number of allylic oxidation sites excluding steroid dienone is 8. The number of carbonyl (C=O) groups excluding carboxylic acids is 2. The third-order valence-electron chi connectivity index (χ3n) is 9.15. The van der Waals surface area contributed by atoms with E-state index in [4.69, 9.17) is 23.9 Å². The fraction of sp³-hybridized carbons (Fsp3) is 0.639. The van der Waals surface area contributed by atoms with Gasteiger partial charge in [-0.1, -0.05) is 65.3 Å². The molecule has 4 rings (SSSR count). The van der Waals surface area contributed by atoms with E-state index in [2.05, 4.69) is 71.9 Å². The molecule has 3 aliphatic carbocycles. The Balaban J connectivity index is 1.88. The smallest absolute Gasteiger partial charge is 0.302 e. The minimum atomic E-state index is -0.481. The molecule has 0 aromatic rings. The average molecular weight is 594 g/mol. The van der Waals surface area contributed by atoms with Gasteiger partial charge in [0.05, 0.1) is 12.0 Å². The second kappa shape index (κ2) is 13.3. The number of fused-ring (bicyclic) bond motifs is 1. The second-order valence-electron chi connectivity index (χ2n) is 14.2. The third kappa shape index (κ3) is 7.53. The number of hydrogen-bond donors (Lipinski definition) is 0. The van der Waals surface area contributed by atoms with Crippen molar-refractivity contribution < 1.29 is 28.5 Å². The molecule has 0 bridgehead atoms. The van der Waals surface area contributed by atoms with Crippen LogP contribution in [0.25, 0.3) is 0 Å². The number of esters is 2. The van der Waals surface area contributed by atoms with Crippen LogP contribution in [0.4, 0.5) is 0 Å². The monoisotopic (exact) mass is 593 g/mol. The standard InChI is InChI=1S/C36H51NO6/c1-24(38)40-17-19-42-32-15-13-26(34(3,4)5)21-29(32)36(23-37-31-12-10-9-11-28(31)36)30-22-27(35(6,7)8)14-16-33(30)43-20-18-41-25(2)39/h10,12,15,21-22,26,28H,9,11,13-14,16-20,23H2,1-8H3. The lowest BCUT2D eigenvalue weighted by atomic mass is 9.58. The largest absolute Gasteiger partial charge is 0.494 e. The van der Waals surface area contributed by atoms with Gasteiger partial charge in [-0.2, -0.15) is 0 Å². The minimum absolute atomic E-state index is 0.00143. The van der Waals surface area contributed by atoms with Gasteiger partial charge in [0, 0.05) is 43.0 Å². The fourth-order valence-corrected chi connectivity index (χ4v) is 6.73. The first-order valence-corrected chi connectivity index (χ1v) is 15.8. The van der Waals surface area contributed by atoms with Crippen LogP contribution in [0, 0.1) is 28.1 Å². The normalized spacial score (nSPS) is 25.7. The number of hydrogen-bond acceptors (Lipinski definition) is 7. The van der Waals surface area contributed by atoms with Crippen LogP contribution in [0.3, 0.4) is 0 Å². The van der Waals surface area contributed by atoms with Gasteiger partial charge in [0.15, 0.2) is 0 Å². The van der Waals surface area contributed by atoms with Gasteiger partial charge < -0.3 is 18.9 Å². The van der Waals surface area contributed by atoms with Crippen LogP contribution >= 0.6 is 0 Å². The zero-order chi connectivity index (χ0) is 31.4. The first-order valence-electron chi connectivity index (χ1n) is 15.8. The lowest BCUT2D eigenvalue weighted by molar-refractivity contribution is -0.143. The van der Waals surface area contributed by atoms with E-state index in [1.165, 1.54) is 25.0 Å². The molecule has 0 fully saturated rings. The van der Waals surface area contributed by atoms with E-state index in [0.717, 1.165) is 54.9 Å². The number of ether oxygens (including phenoxy) is 4. The summed E-state index contributed by atoms with van der Waals surface area (Å²) in [4.78, 5) is 28.1. The molecule has 0 amide bonds. The lowest BCUT2D eigenvalue weighted by Gasteiger charge is -2.45. The van der Waals surface area contributed by atoms with Crippen molar-refractivity contribution in [1.82, 2.24) is 0 Å². The maximum atomic E-state index is 11.5. The van der Waals surface area contributed by atoms with Crippen molar-refractivity contribution in [3.63, 3.8) is 0 Å². The molecule has 1 aliphatic heterocycles. The average Bonchev–Trinajstić information content (AvgIpc) is 3.32. The molecule has 7 heteroatoms. The van der Waals surface area contributed by atoms with Crippen molar-refractivity contribution in [3.8, 4) is 0 Å². The van der Waals surface area contributed by atoms with Crippen LogP contribution in [-0.2, 0) is 28.5 Å². The first kappa shape index (κ1) is 32.8. The molecule has 3 unspecified atom stereocenters. The maximum Gasteiger partial charge on any atom is 0.302 e. The van der Waals surface area contributed by atoms with Gasteiger partial charge in [0.2, 0.25) is 0 Å². The molecule has 43 heavy (non-hydrogen) atoms. The molecular weight excluding hydrogens is 542 g/mol. The Morgan fingerprint density at radius 3 is 2.26 bits per heavy atom. The molecule has 236 valence electrons. The number of rotatable bonds is 10. The van der Waals surface area contributed by atoms with Crippen LogP contribution in [0.1, 0.15) is 87.5 Å². The zero-order valence-electron chi connectivity index (χ0n) is 27.5. The summed E-state index contributed by atoms with van der Waals surface area (Å²) in [7, 11) is 0. The zero-order valence-corrected chi connectivity index (χ0v) is 27.5. The first-order chi connectivity index (χ1) is 20.2. The maximum absolute atomic E-state index is 11.5. The van der Waals surface area contributed by atoms with E-state index in [1.807, 2.05) is 0 Å². The molecule has 0 N–H and O–H groups in total. The van der Waals surface area contributed by atoms with Crippen molar-refractivity contribution in [1.29, 1.82) is 0 Å². The van der Waals surface area contributed by atoms with Gasteiger partial charge in [0.25, 0.3) is 0 Å². The van der Waals surface area contributed by atoms with Crippen LogP contribution < -0.4 is 0 Å².